The van der Waals surface area contributed by atoms with E-state index < -0.39 is 0 Å². The average Bonchev–Trinajstić information content (AvgIpc) is 2.89. The SMILES string of the molecule is CCSC1CCCC1NC(=O)C1CNCC1C. The van der Waals surface area contributed by atoms with Gasteiger partial charge < -0.3 is 10.6 Å². The number of hydrogen-bond acceptors (Lipinski definition) is 3. The monoisotopic (exact) mass is 256 g/mol. The van der Waals surface area contributed by atoms with E-state index in [0.29, 0.717) is 17.2 Å². The second-order valence-electron chi connectivity index (χ2n) is 5.28. The van der Waals surface area contributed by atoms with Gasteiger partial charge in [0.1, 0.15) is 0 Å². The molecule has 1 saturated carbocycles. The van der Waals surface area contributed by atoms with Crippen LogP contribution in [0.4, 0.5) is 0 Å². The molecule has 2 fully saturated rings. The molecule has 4 atom stereocenters. The maximum absolute atomic E-state index is 12.2. The van der Waals surface area contributed by atoms with E-state index in [4.69, 9.17) is 0 Å². The standard InChI is InChI=1S/C13H24N2OS/c1-3-17-12-6-4-5-11(12)15-13(16)10-8-14-7-9(10)2/h9-12,14H,3-8H2,1-2H3,(H,15,16). The van der Waals surface area contributed by atoms with Gasteiger partial charge in [0.05, 0.1) is 5.92 Å². The first-order valence-corrected chi connectivity index (χ1v) is 7.90. The molecular weight excluding hydrogens is 232 g/mol. The number of nitrogens with one attached hydrogen (secondary N) is 2. The van der Waals surface area contributed by atoms with Crippen LogP contribution in [-0.4, -0.2) is 36.0 Å². The summed E-state index contributed by atoms with van der Waals surface area (Å²) >= 11 is 2.00. The molecule has 1 saturated heterocycles. The van der Waals surface area contributed by atoms with E-state index in [-0.39, 0.29) is 11.8 Å². The van der Waals surface area contributed by atoms with Crippen molar-refractivity contribution in [1.29, 1.82) is 0 Å². The third-order valence-corrected chi connectivity index (χ3v) is 5.34. The summed E-state index contributed by atoms with van der Waals surface area (Å²) in [4.78, 5) is 12.2. The van der Waals surface area contributed by atoms with Crippen molar-refractivity contribution in [3.63, 3.8) is 0 Å². The van der Waals surface area contributed by atoms with Gasteiger partial charge >= 0.3 is 0 Å². The molecule has 2 rings (SSSR count). The maximum atomic E-state index is 12.2. The van der Waals surface area contributed by atoms with Gasteiger partial charge in [-0.15, -0.1) is 0 Å². The molecule has 17 heavy (non-hydrogen) atoms. The Labute approximate surface area is 108 Å². The quantitative estimate of drug-likeness (QED) is 0.803. The number of carbonyl (C=O) groups is 1. The molecule has 0 aromatic heterocycles. The van der Waals surface area contributed by atoms with Crippen LogP contribution in [0.1, 0.15) is 33.1 Å². The number of rotatable bonds is 4. The Balaban J connectivity index is 1.85. The Morgan fingerprint density at radius 2 is 2.24 bits per heavy atom. The summed E-state index contributed by atoms with van der Waals surface area (Å²) in [5, 5.41) is 7.23. The number of carbonyl (C=O) groups excluding carboxylic acids is 1. The largest absolute Gasteiger partial charge is 0.352 e. The molecule has 3 nitrogen and oxygen atoms in total. The Kier molecular flexibility index (Phi) is 4.74. The van der Waals surface area contributed by atoms with Gasteiger partial charge in [-0.1, -0.05) is 20.3 Å². The first kappa shape index (κ1) is 13.2. The van der Waals surface area contributed by atoms with Crippen molar-refractivity contribution in [3.8, 4) is 0 Å². The molecule has 1 aliphatic heterocycles. The molecular formula is C13H24N2OS. The summed E-state index contributed by atoms with van der Waals surface area (Å²) in [6.07, 6.45) is 3.70. The molecule has 0 aromatic carbocycles. The lowest BCUT2D eigenvalue weighted by Gasteiger charge is -2.23. The molecule has 0 aromatic rings. The van der Waals surface area contributed by atoms with Gasteiger partial charge in [0, 0.05) is 17.8 Å². The van der Waals surface area contributed by atoms with Crippen molar-refractivity contribution in [1.82, 2.24) is 10.6 Å². The van der Waals surface area contributed by atoms with Crippen molar-refractivity contribution in [2.45, 2.75) is 44.4 Å². The van der Waals surface area contributed by atoms with E-state index in [0.717, 1.165) is 25.3 Å². The molecule has 2 aliphatic rings. The Morgan fingerprint density at radius 1 is 1.41 bits per heavy atom. The normalized spacial score (nSPS) is 37.3. The molecule has 98 valence electrons. The van der Waals surface area contributed by atoms with E-state index in [1.54, 1.807) is 0 Å². The van der Waals surface area contributed by atoms with Crippen LogP contribution >= 0.6 is 11.8 Å². The zero-order chi connectivity index (χ0) is 12.3. The number of hydrogen-bond donors (Lipinski definition) is 2. The highest BCUT2D eigenvalue weighted by Crippen LogP contribution is 2.30. The van der Waals surface area contributed by atoms with Crippen LogP contribution in [0.15, 0.2) is 0 Å². The predicted molar refractivity (Wildman–Crippen MR) is 73.2 cm³/mol. The second kappa shape index (κ2) is 6.10. The smallest absolute Gasteiger partial charge is 0.224 e. The molecule has 1 aliphatic carbocycles. The predicted octanol–water partition coefficient (Wildman–Crippen LogP) is 1.63. The third-order valence-electron chi connectivity index (χ3n) is 4.02. The van der Waals surface area contributed by atoms with Crippen molar-refractivity contribution >= 4 is 17.7 Å². The summed E-state index contributed by atoms with van der Waals surface area (Å²) in [6.45, 7) is 6.20. The first-order chi connectivity index (χ1) is 8.22. The lowest BCUT2D eigenvalue weighted by Crippen LogP contribution is -2.43. The summed E-state index contributed by atoms with van der Waals surface area (Å²) in [5.74, 6) is 2.09. The Morgan fingerprint density at radius 3 is 2.88 bits per heavy atom. The van der Waals surface area contributed by atoms with Gasteiger partial charge in [-0.2, -0.15) is 11.8 Å². The zero-order valence-corrected chi connectivity index (χ0v) is 11.7. The minimum atomic E-state index is 0.183. The maximum Gasteiger partial charge on any atom is 0.224 e. The second-order valence-corrected chi connectivity index (χ2v) is 6.80. The number of thioether (sulfide) groups is 1. The van der Waals surface area contributed by atoms with Crippen LogP contribution in [0.2, 0.25) is 0 Å². The van der Waals surface area contributed by atoms with E-state index in [1.165, 1.54) is 12.8 Å². The van der Waals surface area contributed by atoms with Crippen LogP contribution in [0.25, 0.3) is 0 Å². The van der Waals surface area contributed by atoms with Crippen molar-refractivity contribution in [2.24, 2.45) is 11.8 Å². The zero-order valence-electron chi connectivity index (χ0n) is 10.9. The molecule has 0 radical (unpaired) electrons. The molecule has 1 heterocycles. The summed E-state index contributed by atoms with van der Waals surface area (Å²) in [6, 6.07) is 0.417. The van der Waals surface area contributed by atoms with Crippen LogP contribution < -0.4 is 10.6 Å². The molecule has 2 N–H and O–H groups in total. The third kappa shape index (κ3) is 3.16. The van der Waals surface area contributed by atoms with Crippen LogP contribution in [-0.2, 0) is 4.79 Å². The van der Waals surface area contributed by atoms with Crippen molar-refractivity contribution < 1.29 is 4.79 Å². The van der Waals surface area contributed by atoms with Gasteiger partial charge in [0.25, 0.3) is 0 Å². The highest BCUT2D eigenvalue weighted by Gasteiger charge is 2.34. The Hall–Kier alpha value is -0.220. The lowest BCUT2D eigenvalue weighted by molar-refractivity contribution is -0.126. The summed E-state index contributed by atoms with van der Waals surface area (Å²) in [7, 11) is 0. The van der Waals surface area contributed by atoms with Crippen LogP contribution in [0.5, 0.6) is 0 Å². The Bertz CT molecular complexity index is 272. The topological polar surface area (TPSA) is 41.1 Å². The van der Waals surface area contributed by atoms with Gasteiger partial charge in [-0.05, 0) is 31.1 Å². The average molecular weight is 256 g/mol. The van der Waals surface area contributed by atoms with Gasteiger partial charge in [-0.3, -0.25) is 4.79 Å². The van der Waals surface area contributed by atoms with Crippen LogP contribution in [0, 0.1) is 11.8 Å². The van der Waals surface area contributed by atoms with Crippen molar-refractivity contribution in [3.05, 3.63) is 0 Å². The highest BCUT2D eigenvalue weighted by molar-refractivity contribution is 7.99. The van der Waals surface area contributed by atoms with Crippen molar-refractivity contribution in [2.75, 3.05) is 18.8 Å². The molecule has 4 heteroatoms. The number of amides is 1. The lowest BCUT2D eigenvalue weighted by atomic mass is 9.97. The summed E-state index contributed by atoms with van der Waals surface area (Å²) in [5.41, 5.74) is 0. The highest BCUT2D eigenvalue weighted by atomic mass is 32.2. The fourth-order valence-electron chi connectivity index (χ4n) is 2.96. The van der Waals surface area contributed by atoms with E-state index in [1.807, 2.05) is 11.8 Å². The molecule has 0 bridgehead atoms. The molecule has 1 amide bonds. The van der Waals surface area contributed by atoms with E-state index >= 15 is 0 Å². The van der Waals surface area contributed by atoms with Gasteiger partial charge in [-0.25, -0.2) is 0 Å². The van der Waals surface area contributed by atoms with Gasteiger partial charge in [0.2, 0.25) is 5.91 Å². The van der Waals surface area contributed by atoms with E-state index in [2.05, 4.69) is 24.5 Å². The molecule has 0 spiro atoms. The van der Waals surface area contributed by atoms with Crippen LogP contribution in [0.3, 0.4) is 0 Å². The summed E-state index contributed by atoms with van der Waals surface area (Å²) < 4.78 is 0. The minimum Gasteiger partial charge on any atom is -0.352 e. The first-order valence-electron chi connectivity index (χ1n) is 6.85. The minimum absolute atomic E-state index is 0.183. The molecule has 4 unspecified atom stereocenters. The van der Waals surface area contributed by atoms with Gasteiger partial charge in [0.15, 0.2) is 0 Å². The van der Waals surface area contributed by atoms with E-state index in [9.17, 15) is 4.79 Å². The fourth-order valence-corrected chi connectivity index (χ4v) is 4.15. The fraction of sp³-hybridized carbons (Fsp3) is 0.923.